The van der Waals surface area contributed by atoms with Gasteiger partial charge in [0.2, 0.25) is 5.91 Å². The average Bonchev–Trinajstić information content (AvgIpc) is 2.39. The van der Waals surface area contributed by atoms with Crippen LogP contribution in [0.15, 0.2) is 52.3 Å². The molecule has 2 rings (SSSR count). The van der Waals surface area contributed by atoms with E-state index >= 15 is 0 Å². The van der Waals surface area contributed by atoms with Crippen LogP contribution in [0.25, 0.3) is 0 Å². The molecule has 0 fully saturated rings. The van der Waals surface area contributed by atoms with E-state index < -0.39 is 0 Å². The first-order chi connectivity index (χ1) is 9.56. The number of carbonyl (C=O) groups excluding carboxylic acids is 1. The first kappa shape index (κ1) is 14.3. The van der Waals surface area contributed by atoms with Crippen molar-refractivity contribution in [3.05, 3.63) is 42.5 Å². The van der Waals surface area contributed by atoms with Crippen molar-refractivity contribution in [1.82, 2.24) is 0 Å². The number of nitrogen functional groups attached to an aromatic ring is 1. The van der Waals surface area contributed by atoms with Crippen molar-refractivity contribution in [3.63, 3.8) is 0 Å². The number of methoxy groups -OCH3 is 1. The molecule has 1 amide bonds. The van der Waals surface area contributed by atoms with Gasteiger partial charge in [-0.05, 0) is 36.4 Å². The average molecular weight is 288 g/mol. The molecule has 0 radical (unpaired) electrons. The van der Waals surface area contributed by atoms with Gasteiger partial charge < -0.3 is 15.8 Å². The zero-order valence-corrected chi connectivity index (χ0v) is 12.2. The van der Waals surface area contributed by atoms with Gasteiger partial charge in [0, 0.05) is 34.2 Å². The molecule has 0 saturated carbocycles. The monoisotopic (exact) mass is 288 g/mol. The number of ether oxygens (including phenoxy) is 1. The van der Waals surface area contributed by atoms with E-state index in [2.05, 4.69) is 5.32 Å². The summed E-state index contributed by atoms with van der Waals surface area (Å²) < 4.78 is 5.20. The molecule has 0 atom stereocenters. The van der Waals surface area contributed by atoms with Crippen LogP contribution in [0.3, 0.4) is 0 Å². The fourth-order valence-corrected chi connectivity index (χ4v) is 2.63. The Hall–Kier alpha value is -2.14. The van der Waals surface area contributed by atoms with E-state index in [-0.39, 0.29) is 5.91 Å². The van der Waals surface area contributed by atoms with Gasteiger partial charge in [0.05, 0.1) is 7.11 Å². The number of amides is 1. The maximum Gasteiger partial charge on any atom is 0.221 e. The molecule has 4 nitrogen and oxygen atoms in total. The van der Waals surface area contributed by atoms with Crippen LogP contribution in [0.1, 0.15) is 6.92 Å². The molecule has 0 spiro atoms. The summed E-state index contributed by atoms with van der Waals surface area (Å²) in [6.07, 6.45) is 0. The Morgan fingerprint density at radius 1 is 1.15 bits per heavy atom. The van der Waals surface area contributed by atoms with Gasteiger partial charge in [-0.15, -0.1) is 0 Å². The van der Waals surface area contributed by atoms with Crippen LogP contribution in [-0.2, 0) is 4.79 Å². The van der Waals surface area contributed by atoms with Crippen molar-refractivity contribution in [3.8, 4) is 5.75 Å². The summed E-state index contributed by atoms with van der Waals surface area (Å²) in [6, 6.07) is 13.2. The molecule has 104 valence electrons. The lowest BCUT2D eigenvalue weighted by Crippen LogP contribution is -2.05. The maximum absolute atomic E-state index is 11.0. The summed E-state index contributed by atoms with van der Waals surface area (Å²) in [6.45, 7) is 1.49. The van der Waals surface area contributed by atoms with Crippen LogP contribution in [0.5, 0.6) is 5.75 Å². The number of carbonyl (C=O) groups is 1. The minimum Gasteiger partial charge on any atom is -0.497 e. The van der Waals surface area contributed by atoms with Gasteiger partial charge in [0.15, 0.2) is 0 Å². The molecule has 0 bridgehead atoms. The lowest BCUT2D eigenvalue weighted by molar-refractivity contribution is -0.114. The molecule has 2 aromatic carbocycles. The standard InChI is InChI=1S/C15H16N2O2S/c1-10(18)17-12-3-5-14(6-4-12)20-15-8-11(16)7-13(9-15)19-2/h3-9H,16H2,1-2H3,(H,17,18). The Bertz CT molecular complexity index is 612. The van der Waals surface area contributed by atoms with E-state index in [1.165, 1.54) is 6.92 Å². The highest BCUT2D eigenvalue weighted by atomic mass is 32.2. The predicted molar refractivity (Wildman–Crippen MR) is 82.3 cm³/mol. The molecule has 5 heteroatoms. The summed E-state index contributed by atoms with van der Waals surface area (Å²) in [5.41, 5.74) is 7.28. The molecule has 0 unspecified atom stereocenters. The first-order valence-corrected chi connectivity index (χ1v) is 6.88. The Morgan fingerprint density at radius 2 is 1.85 bits per heavy atom. The highest BCUT2D eigenvalue weighted by Gasteiger charge is 2.02. The number of rotatable bonds is 4. The highest BCUT2D eigenvalue weighted by molar-refractivity contribution is 7.99. The summed E-state index contributed by atoms with van der Waals surface area (Å²) in [7, 11) is 1.62. The van der Waals surface area contributed by atoms with E-state index in [0.29, 0.717) is 5.69 Å². The molecular formula is C15H16N2O2S. The molecule has 0 saturated heterocycles. The van der Waals surface area contributed by atoms with Crippen molar-refractivity contribution < 1.29 is 9.53 Å². The molecule has 0 aliphatic carbocycles. The topological polar surface area (TPSA) is 64.3 Å². The Balaban J connectivity index is 2.13. The van der Waals surface area contributed by atoms with Crippen molar-refractivity contribution >= 4 is 29.0 Å². The van der Waals surface area contributed by atoms with Gasteiger partial charge in [-0.25, -0.2) is 0 Å². The minimum absolute atomic E-state index is 0.0778. The number of hydrogen-bond acceptors (Lipinski definition) is 4. The van der Waals surface area contributed by atoms with E-state index in [4.69, 9.17) is 10.5 Å². The van der Waals surface area contributed by atoms with Crippen molar-refractivity contribution in [2.24, 2.45) is 0 Å². The van der Waals surface area contributed by atoms with Crippen LogP contribution in [0.2, 0.25) is 0 Å². The van der Waals surface area contributed by atoms with Gasteiger partial charge in [-0.3, -0.25) is 4.79 Å². The molecular weight excluding hydrogens is 272 g/mol. The maximum atomic E-state index is 11.0. The van der Waals surface area contributed by atoms with Crippen LogP contribution in [0, 0.1) is 0 Å². The van der Waals surface area contributed by atoms with E-state index in [1.54, 1.807) is 24.9 Å². The van der Waals surface area contributed by atoms with Gasteiger partial charge >= 0.3 is 0 Å². The molecule has 0 aromatic heterocycles. The first-order valence-electron chi connectivity index (χ1n) is 6.07. The molecule has 3 N–H and O–H groups in total. The third kappa shape index (κ3) is 3.93. The predicted octanol–water partition coefficient (Wildman–Crippen LogP) is 3.39. The van der Waals surface area contributed by atoms with Crippen LogP contribution in [0.4, 0.5) is 11.4 Å². The molecule has 0 aliphatic heterocycles. The molecule has 0 heterocycles. The van der Waals surface area contributed by atoms with Crippen LogP contribution < -0.4 is 15.8 Å². The lowest BCUT2D eigenvalue weighted by Gasteiger charge is -2.07. The van der Waals surface area contributed by atoms with Gasteiger partial charge in [-0.2, -0.15) is 0 Å². The van der Waals surface area contributed by atoms with Crippen LogP contribution >= 0.6 is 11.8 Å². The number of hydrogen-bond donors (Lipinski definition) is 2. The number of anilines is 2. The van der Waals surface area contributed by atoms with E-state index in [9.17, 15) is 4.79 Å². The smallest absolute Gasteiger partial charge is 0.221 e. The second-order valence-electron chi connectivity index (χ2n) is 4.25. The third-order valence-electron chi connectivity index (χ3n) is 2.55. The second kappa shape index (κ2) is 6.34. The summed E-state index contributed by atoms with van der Waals surface area (Å²) in [5, 5.41) is 2.74. The van der Waals surface area contributed by atoms with Crippen LogP contribution in [-0.4, -0.2) is 13.0 Å². The molecule has 20 heavy (non-hydrogen) atoms. The number of nitrogens with one attached hydrogen (secondary N) is 1. The van der Waals surface area contributed by atoms with E-state index in [1.807, 2.05) is 36.4 Å². The Morgan fingerprint density at radius 3 is 2.45 bits per heavy atom. The summed E-state index contributed by atoms with van der Waals surface area (Å²) in [4.78, 5) is 13.0. The fraction of sp³-hybridized carbons (Fsp3) is 0.133. The quantitative estimate of drug-likeness (QED) is 0.846. The van der Waals surface area contributed by atoms with Crippen molar-refractivity contribution in [2.45, 2.75) is 16.7 Å². The van der Waals surface area contributed by atoms with Crippen molar-refractivity contribution in [1.29, 1.82) is 0 Å². The van der Waals surface area contributed by atoms with Gasteiger partial charge in [0.25, 0.3) is 0 Å². The fourth-order valence-electron chi connectivity index (χ4n) is 1.72. The number of benzene rings is 2. The zero-order valence-electron chi connectivity index (χ0n) is 11.3. The Kier molecular flexibility index (Phi) is 4.53. The summed E-state index contributed by atoms with van der Waals surface area (Å²) >= 11 is 1.59. The Labute approximate surface area is 122 Å². The van der Waals surface area contributed by atoms with Gasteiger partial charge in [0.1, 0.15) is 5.75 Å². The SMILES string of the molecule is COc1cc(N)cc(Sc2ccc(NC(C)=O)cc2)c1. The normalized spacial score (nSPS) is 10.1. The lowest BCUT2D eigenvalue weighted by atomic mass is 10.3. The molecule has 0 aliphatic rings. The molecule has 2 aromatic rings. The minimum atomic E-state index is -0.0778. The third-order valence-corrected chi connectivity index (χ3v) is 3.53. The van der Waals surface area contributed by atoms with Crippen molar-refractivity contribution in [2.75, 3.05) is 18.2 Å². The zero-order chi connectivity index (χ0) is 14.5. The second-order valence-corrected chi connectivity index (χ2v) is 5.40. The highest BCUT2D eigenvalue weighted by Crippen LogP contribution is 2.32. The van der Waals surface area contributed by atoms with Gasteiger partial charge in [-0.1, -0.05) is 11.8 Å². The summed E-state index contributed by atoms with van der Waals surface area (Å²) in [5.74, 6) is 0.660. The number of nitrogens with two attached hydrogens (primary N) is 1. The van der Waals surface area contributed by atoms with E-state index in [0.717, 1.165) is 21.2 Å². The largest absolute Gasteiger partial charge is 0.497 e.